The number of rotatable bonds is 10. The highest BCUT2D eigenvalue weighted by atomic mass is 19.2. The minimum atomic E-state index is -1.48. The van der Waals surface area contributed by atoms with Crippen LogP contribution >= 0.6 is 0 Å². The van der Waals surface area contributed by atoms with Crippen LogP contribution in [0.5, 0.6) is 0 Å². The molecule has 0 aliphatic carbocycles. The Labute approximate surface area is 237 Å². The van der Waals surface area contributed by atoms with Crippen LogP contribution in [0.3, 0.4) is 0 Å². The molecule has 0 aliphatic rings. The highest BCUT2D eigenvalue weighted by Gasteiger charge is 2.32. The molecule has 1 aromatic heterocycles. The van der Waals surface area contributed by atoms with Crippen molar-refractivity contribution in [2.45, 2.75) is 53.5 Å². The normalized spacial score (nSPS) is 12.6. The van der Waals surface area contributed by atoms with E-state index >= 15 is 4.39 Å². The van der Waals surface area contributed by atoms with Crippen LogP contribution in [0.1, 0.15) is 55.0 Å². The highest BCUT2D eigenvalue weighted by molar-refractivity contribution is 6.06. The lowest BCUT2D eigenvalue weighted by molar-refractivity contribution is -0.138. The Hall–Kier alpha value is -4.34. The molecule has 0 unspecified atom stereocenters. The van der Waals surface area contributed by atoms with Crippen LogP contribution in [-0.2, 0) is 21.4 Å². The van der Waals surface area contributed by atoms with Gasteiger partial charge >= 0.3 is 5.97 Å². The minimum absolute atomic E-state index is 0.0340. The lowest BCUT2D eigenvalue weighted by Crippen LogP contribution is -2.42. The van der Waals surface area contributed by atoms with E-state index in [-0.39, 0.29) is 23.6 Å². The van der Waals surface area contributed by atoms with E-state index in [0.29, 0.717) is 11.1 Å². The zero-order valence-electron chi connectivity index (χ0n) is 24.0. The van der Waals surface area contributed by atoms with Gasteiger partial charge in [-0.25, -0.2) is 8.78 Å². The summed E-state index contributed by atoms with van der Waals surface area (Å²) in [4.78, 5) is 50.8. The molecule has 218 valence electrons. The third kappa shape index (κ3) is 7.45. The minimum Gasteiger partial charge on any atom is -0.481 e. The molecule has 8 nitrogen and oxygen atoms in total. The van der Waals surface area contributed by atoms with Crippen molar-refractivity contribution in [3.63, 3.8) is 0 Å². The van der Waals surface area contributed by atoms with E-state index in [4.69, 9.17) is 0 Å². The first-order chi connectivity index (χ1) is 19.2. The van der Waals surface area contributed by atoms with E-state index in [9.17, 15) is 28.7 Å². The topological polar surface area (TPSA) is 118 Å². The number of anilines is 1. The molecule has 0 bridgehead atoms. The van der Waals surface area contributed by atoms with E-state index in [1.807, 2.05) is 32.9 Å². The summed E-state index contributed by atoms with van der Waals surface area (Å²) >= 11 is 0. The van der Waals surface area contributed by atoms with Gasteiger partial charge in [-0.15, -0.1) is 0 Å². The van der Waals surface area contributed by atoms with Gasteiger partial charge in [-0.2, -0.15) is 0 Å². The Morgan fingerprint density at radius 3 is 2.22 bits per heavy atom. The fourth-order valence-corrected chi connectivity index (χ4v) is 5.05. The molecule has 1 heterocycles. The van der Waals surface area contributed by atoms with Crippen LogP contribution in [-0.4, -0.2) is 27.5 Å². The lowest BCUT2D eigenvalue weighted by atomic mass is 9.90. The van der Waals surface area contributed by atoms with Gasteiger partial charge in [-0.1, -0.05) is 31.5 Å². The fourth-order valence-electron chi connectivity index (χ4n) is 5.05. The lowest BCUT2D eigenvalue weighted by Gasteiger charge is -2.24. The predicted octanol–water partition coefficient (Wildman–Crippen LogP) is 5.19. The molecule has 3 aromatic rings. The van der Waals surface area contributed by atoms with Gasteiger partial charge in [-0.05, 0) is 79.6 Å². The maximum Gasteiger partial charge on any atom is 0.305 e. The van der Waals surface area contributed by atoms with Gasteiger partial charge in [0.1, 0.15) is 11.6 Å². The van der Waals surface area contributed by atoms with Crippen LogP contribution in [0, 0.1) is 44.2 Å². The summed E-state index contributed by atoms with van der Waals surface area (Å²) < 4.78 is 31.4. The summed E-state index contributed by atoms with van der Waals surface area (Å²) in [6.45, 7) is 9.16. The second-order valence-electron chi connectivity index (χ2n) is 10.8. The number of halogens is 2. The number of benzene rings is 2. The van der Waals surface area contributed by atoms with Crippen molar-refractivity contribution in [3.8, 4) is 11.1 Å². The monoisotopic (exact) mass is 567 g/mol. The van der Waals surface area contributed by atoms with Gasteiger partial charge in [0.15, 0.2) is 11.6 Å². The van der Waals surface area contributed by atoms with Crippen molar-refractivity contribution in [3.05, 3.63) is 86.8 Å². The maximum absolute atomic E-state index is 15.2. The summed E-state index contributed by atoms with van der Waals surface area (Å²) in [6, 6.07) is 7.65. The van der Waals surface area contributed by atoms with Crippen molar-refractivity contribution >= 4 is 23.5 Å². The van der Waals surface area contributed by atoms with Crippen molar-refractivity contribution in [1.29, 1.82) is 0 Å². The van der Waals surface area contributed by atoms with Gasteiger partial charge < -0.3 is 20.3 Å². The third-order valence-corrected chi connectivity index (χ3v) is 6.81. The smallest absolute Gasteiger partial charge is 0.305 e. The van der Waals surface area contributed by atoms with Gasteiger partial charge in [0.2, 0.25) is 11.8 Å². The fraction of sp³-hybridized carbons (Fsp3) is 0.355. The number of pyridine rings is 1. The number of hydrogen-bond donors (Lipinski definition) is 3. The van der Waals surface area contributed by atoms with E-state index in [2.05, 4.69) is 10.6 Å². The summed E-state index contributed by atoms with van der Waals surface area (Å²) in [5.41, 5.74) is 2.75. The molecule has 0 saturated carbocycles. The molecule has 2 aromatic carbocycles. The Bertz CT molecular complexity index is 1520. The van der Waals surface area contributed by atoms with Crippen molar-refractivity contribution < 1.29 is 28.3 Å². The standard InChI is InChI=1S/C31H35F2N3O5/c1-16(2)10-22(29(39)34-24-8-7-9-36(6)31(24)41)30(40)35-25(15-26(37)38)21-13-20(14-23(32)28(21)33)27-18(4)11-17(3)12-19(27)5/h7-9,11-14,16,22,25H,10,15H2,1-6H3,(H,34,39)(H,35,40)(H,37,38)/t22-,25+/m1/s1. The maximum atomic E-state index is 15.2. The highest BCUT2D eigenvalue weighted by Crippen LogP contribution is 2.34. The number of carboxylic acid groups (broad SMARTS) is 1. The van der Waals surface area contributed by atoms with Crippen LogP contribution in [0.4, 0.5) is 14.5 Å². The first-order valence-electron chi connectivity index (χ1n) is 13.2. The van der Waals surface area contributed by atoms with Crippen molar-refractivity contribution in [1.82, 2.24) is 9.88 Å². The molecule has 2 amide bonds. The Morgan fingerprint density at radius 2 is 1.63 bits per heavy atom. The van der Waals surface area contributed by atoms with E-state index in [1.54, 1.807) is 19.9 Å². The molecule has 2 atom stereocenters. The number of hydrogen-bond acceptors (Lipinski definition) is 4. The number of nitrogens with one attached hydrogen (secondary N) is 2. The molecular weight excluding hydrogens is 532 g/mol. The quantitative estimate of drug-likeness (QED) is 0.292. The summed E-state index contributed by atoms with van der Waals surface area (Å²) in [5.74, 6) is -6.98. The molecule has 41 heavy (non-hydrogen) atoms. The number of carbonyl (C=O) groups is 3. The number of nitrogens with zero attached hydrogens (tertiary/aromatic N) is 1. The molecule has 0 saturated heterocycles. The predicted molar refractivity (Wildman–Crippen MR) is 152 cm³/mol. The second-order valence-corrected chi connectivity index (χ2v) is 10.8. The van der Waals surface area contributed by atoms with E-state index in [1.165, 1.54) is 29.9 Å². The first-order valence-corrected chi connectivity index (χ1v) is 13.2. The van der Waals surface area contributed by atoms with E-state index < -0.39 is 53.4 Å². The Morgan fingerprint density at radius 1 is 1.00 bits per heavy atom. The van der Waals surface area contributed by atoms with Crippen molar-refractivity contribution in [2.75, 3.05) is 5.32 Å². The van der Waals surface area contributed by atoms with E-state index in [0.717, 1.165) is 22.8 Å². The van der Waals surface area contributed by atoms with Gasteiger partial charge in [0.05, 0.1) is 12.5 Å². The second kappa shape index (κ2) is 12.9. The largest absolute Gasteiger partial charge is 0.481 e. The van der Waals surface area contributed by atoms with Gasteiger partial charge in [-0.3, -0.25) is 19.2 Å². The number of aliphatic carboxylic acids is 1. The molecular formula is C31H35F2N3O5. The van der Waals surface area contributed by atoms with Gasteiger partial charge in [0.25, 0.3) is 5.56 Å². The zero-order chi connectivity index (χ0) is 30.6. The molecule has 10 heteroatoms. The third-order valence-electron chi connectivity index (χ3n) is 6.81. The van der Waals surface area contributed by atoms with Crippen LogP contribution in [0.25, 0.3) is 11.1 Å². The molecule has 3 N–H and O–H groups in total. The number of aryl methyl sites for hydroxylation is 4. The molecule has 0 radical (unpaired) electrons. The summed E-state index contributed by atoms with van der Waals surface area (Å²) in [5, 5.41) is 14.5. The Kier molecular flexibility index (Phi) is 9.80. The number of amides is 2. The average Bonchev–Trinajstić information content (AvgIpc) is 2.85. The molecule has 0 fully saturated rings. The average molecular weight is 568 g/mol. The van der Waals surface area contributed by atoms with Crippen LogP contribution in [0.2, 0.25) is 0 Å². The van der Waals surface area contributed by atoms with Gasteiger partial charge in [0, 0.05) is 18.8 Å². The number of carboxylic acids is 1. The SMILES string of the molecule is Cc1cc(C)c(-c2cc(F)c(F)c([C@H](CC(=O)O)NC(=O)[C@H](CC(C)C)C(=O)Nc3cccn(C)c3=O)c2)c(C)c1. The number of carbonyl (C=O) groups excluding carboxylic acids is 2. The van der Waals surface area contributed by atoms with Crippen LogP contribution in [0.15, 0.2) is 47.4 Å². The molecule has 3 rings (SSSR count). The Balaban J connectivity index is 2.02. The molecule has 0 spiro atoms. The summed E-state index contributed by atoms with van der Waals surface area (Å²) in [6.07, 6.45) is 0.810. The van der Waals surface area contributed by atoms with Crippen molar-refractivity contribution in [2.24, 2.45) is 18.9 Å². The first kappa shape index (κ1) is 31.2. The zero-order valence-corrected chi connectivity index (χ0v) is 24.0. The molecule has 0 aliphatic heterocycles. The summed E-state index contributed by atoms with van der Waals surface area (Å²) in [7, 11) is 1.51. The van der Waals surface area contributed by atoms with Crippen LogP contribution < -0.4 is 16.2 Å². The number of aromatic nitrogens is 1.